The van der Waals surface area contributed by atoms with Crippen LogP contribution in [0, 0.1) is 5.82 Å². The van der Waals surface area contributed by atoms with Gasteiger partial charge in [0.05, 0.1) is 15.9 Å². The summed E-state index contributed by atoms with van der Waals surface area (Å²) in [5.41, 5.74) is 2.04. The molecule has 0 bridgehead atoms. The number of thioether (sulfide) groups is 1. The maximum atomic E-state index is 13.0. The van der Waals surface area contributed by atoms with E-state index in [9.17, 15) is 17.6 Å². The third-order valence-electron chi connectivity index (χ3n) is 5.29. The molecule has 0 aliphatic rings. The van der Waals surface area contributed by atoms with Crippen LogP contribution >= 0.6 is 11.8 Å². The van der Waals surface area contributed by atoms with Crippen molar-refractivity contribution in [3.05, 3.63) is 53.8 Å². The third-order valence-corrected chi connectivity index (χ3v) is 8.40. The van der Waals surface area contributed by atoms with Crippen molar-refractivity contribution < 1.29 is 17.6 Å². The van der Waals surface area contributed by atoms with Crippen LogP contribution in [0.25, 0.3) is 11.0 Å². The van der Waals surface area contributed by atoms with E-state index < -0.39 is 10.0 Å². The number of benzene rings is 2. The van der Waals surface area contributed by atoms with Gasteiger partial charge < -0.3 is 4.57 Å². The van der Waals surface area contributed by atoms with Gasteiger partial charge in [0, 0.05) is 37.4 Å². The highest BCUT2D eigenvalue weighted by Crippen LogP contribution is 2.28. The third kappa shape index (κ3) is 5.22. The van der Waals surface area contributed by atoms with Gasteiger partial charge in [0.25, 0.3) is 0 Å². The second-order valence-electron chi connectivity index (χ2n) is 7.26. The van der Waals surface area contributed by atoms with Crippen molar-refractivity contribution in [1.29, 1.82) is 0 Å². The van der Waals surface area contributed by atoms with E-state index in [1.807, 2.05) is 26.8 Å². The van der Waals surface area contributed by atoms with Crippen LogP contribution in [0.2, 0.25) is 0 Å². The molecule has 0 atom stereocenters. The fraction of sp³-hybridized carbons (Fsp3) is 0.391. The maximum Gasteiger partial charge on any atom is 0.243 e. The molecule has 0 N–H and O–H groups in total. The molecule has 0 amide bonds. The van der Waals surface area contributed by atoms with E-state index in [0.29, 0.717) is 49.3 Å². The highest BCUT2D eigenvalue weighted by atomic mass is 32.2. The first-order valence-electron chi connectivity index (χ1n) is 10.7. The molecule has 172 valence electrons. The first-order chi connectivity index (χ1) is 15.3. The van der Waals surface area contributed by atoms with E-state index in [1.54, 1.807) is 23.9 Å². The summed E-state index contributed by atoms with van der Waals surface area (Å²) in [5.74, 6) is 0.324. The van der Waals surface area contributed by atoms with Crippen molar-refractivity contribution >= 4 is 38.6 Å². The Hall–Kier alpha value is -2.23. The number of imidazole rings is 1. The Kier molecular flexibility index (Phi) is 8.08. The normalized spacial score (nSPS) is 12.0. The number of nitrogens with zero attached hydrogens (tertiary/aromatic N) is 3. The quantitative estimate of drug-likeness (QED) is 0.221. The van der Waals surface area contributed by atoms with Crippen LogP contribution in [0.3, 0.4) is 0 Å². The van der Waals surface area contributed by atoms with E-state index in [-0.39, 0.29) is 16.5 Å². The van der Waals surface area contributed by atoms with Crippen LogP contribution in [0.15, 0.2) is 52.5 Å². The highest BCUT2D eigenvalue weighted by Gasteiger charge is 2.23. The number of aryl methyl sites for hydroxylation is 1. The van der Waals surface area contributed by atoms with Crippen molar-refractivity contribution in [3.63, 3.8) is 0 Å². The van der Waals surface area contributed by atoms with Crippen molar-refractivity contribution in [1.82, 2.24) is 13.9 Å². The molecule has 6 nitrogen and oxygen atoms in total. The molecular weight excluding hydrogens is 449 g/mol. The number of halogens is 1. The molecule has 0 spiro atoms. The smallest absolute Gasteiger partial charge is 0.243 e. The molecule has 0 saturated heterocycles. The summed E-state index contributed by atoms with van der Waals surface area (Å²) in [7, 11) is -3.55. The Morgan fingerprint density at radius 2 is 1.78 bits per heavy atom. The van der Waals surface area contributed by atoms with Gasteiger partial charge in [0.1, 0.15) is 5.82 Å². The number of hydrogen-bond donors (Lipinski definition) is 0. The number of carbonyl (C=O) groups is 1. The SMILES string of the molecule is CCN(CC)S(=O)(=O)c1ccc2c(c1)nc(SCCCC(=O)c1ccc(F)cc1)n2CC. The second-order valence-corrected chi connectivity index (χ2v) is 10.3. The van der Waals surface area contributed by atoms with Gasteiger partial charge in [-0.2, -0.15) is 4.31 Å². The monoisotopic (exact) mass is 477 g/mol. The first-order valence-corrected chi connectivity index (χ1v) is 13.2. The van der Waals surface area contributed by atoms with E-state index in [1.165, 1.54) is 28.6 Å². The van der Waals surface area contributed by atoms with Gasteiger partial charge in [0.2, 0.25) is 10.0 Å². The lowest BCUT2D eigenvalue weighted by molar-refractivity contribution is 0.0982. The summed E-state index contributed by atoms with van der Waals surface area (Å²) in [4.78, 5) is 17.2. The number of rotatable bonds is 11. The average molecular weight is 478 g/mol. The van der Waals surface area contributed by atoms with Gasteiger partial charge in [-0.1, -0.05) is 25.6 Å². The number of hydrogen-bond acceptors (Lipinski definition) is 5. The Morgan fingerprint density at radius 1 is 1.09 bits per heavy atom. The predicted octanol–water partition coefficient (Wildman–Crippen LogP) is 4.98. The molecule has 3 rings (SSSR count). The Bertz CT molecular complexity index is 1190. The molecule has 1 heterocycles. The fourth-order valence-corrected chi connectivity index (χ4v) is 6.05. The van der Waals surface area contributed by atoms with Crippen LogP contribution < -0.4 is 0 Å². The van der Waals surface area contributed by atoms with Gasteiger partial charge in [-0.25, -0.2) is 17.8 Å². The molecule has 3 aromatic rings. The van der Waals surface area contributed by atoms with Crippen molar-refractivity contribution in [3.8, 4) is 0 Å². The minimum absolute atomic E-state index is 0.0131. The van der Waals surface area contributed by atoms with E-state index >= 15 is 0 Å². The number of ketones is 1. The minimum atomic E-state index is -3.55. The molecule has 2 aromatic carbocycles. The molecule has 0 saturated carbocycles. The zero-order chi connectivity index (χ0) is 23.3. The largest absolute Gasteiger partial charge is 0.319 e. The fourth-order valence-electron chi connectivity index (χ4n) is 3.55. The van der Waals surface area contributed by atoms with E-state index in [4.69, 9.17) is 0 Å². The lowest BCUT2D eigenvalue weighted by Gasteiger charge is -2.18. The van der Waals surface area contributed by atoms with Crippen molar-refractivity contribution in [2.75, 3.05) is 18.8 Å². The lowest BCUT2D eigenvalue weighted by Crippen LogP contribution is -2.30. The number of Topliss-reactive ketones (excluding diaryl/α,β-unsaturated/α-hetero) is 1. The van der Waals surface area contributed by atoms with Gasteiger partial charge in [-0.3, -0.25) is 4.79 Å². The lowest BCUT2D eigenvalue weighted by atomic mass is 10.1. The molecule has 0 unspecified atom stereocenters. The molecule has 0 radical (unpaired) electrons. The zero-order valence-electron chi connectivity index (χ0n) is 18.5. The van der Waals surface area contributed by atoms with Crippen molar-refractivity contribution in [2.24, 2.45) is 0 Å². The number of aromatic nitrogens is 2. The van der Waals surface area contributed by atoms with Crippen LogP contribution in [0.5, 0.6) is 0 Å². The molecular formula is C23H28FN3O3S2. The molecule has 0 aliphatic carbocycles. The molecule has 0 aliphatic heterocycles. The average Bonchev–Trinajstić information content (AvgIpc) is 3.14. The second kappa shape index (κ2) is 10.6. The van der Waals surface area contributed by atoms with E-state index in [2.05, 4.69) is 9.55 Å². The summed E-state index contributed by atoms with van der Waals surface area (Å²) in [6.45, 7) is 7.19. The van der Waals surface area contributed by atoms with Crippen LogP contribution in [0.1, 0.15) is 44.0 Å². The first kappa shape index (κ1) is 24.4. The summed E-state index contributed by atoms with van der Waals surface area (Å²) < 4.78 is 42.2. The Balaban J connectivity index is 1.71. The molecule has 1 aromatic heterocycles. The van der Waals surface area contributed by atoms with Gasteiger partial charge in [-0.15, -0.1) is 0 Å². The molecule has 32 heavy (non-hydrogen) atoms. The standard InChI is InChI=1S/C23H28FN3O3S2/c1-4-26(5-2)32(29,30)19-13-14-21-20(16-19)25-23(27(21)6-3)31-15-7-8-22(28)17-9-11-18(24)12-10-17/h9-14,16H,4-8,15H2,1-3H3. The minimum Gasteiger partial charge on any atom is -0.319 e. The van der Waals surface area contributed by atoms with Gasteiger partial charge in [0.15, 0.2) is 10.9 Å². The van der Waals surface area contributed by atoms with Gasteiger partial charge >= 0.3 is 0 Å². The molecule has 9 heteroatoms. The summed E-state index contributed by atoms with van der Waals surface area (Å²) in [6, 6.07) is 10.7. The Labute approximate surface area is 192 Å². The number of carbonyl (C=O) groups excluding carboxylic acids is 1. The maximum absolute atomic E-state index is 13.0. The van der Waals surface area contributed by atoms with Gasteiger partial charge in [-0.05, 0) is 55.8 Å². The predicted molar refractivity (Wildman–Crippen MR) is 126 cm³/mol. The zero-order valence-corrected chi connectivity index (χ0v) is 20.2. The summed E-state index contributed by atoms with van der Waals surface area (Å²) >= 11 is 1.55. The number of sulfonamides is 1. The Morgan fingerprint density at radius 3 is 2.41 bits per heavy atom. The topological polar surface area (TPSA) is 72.3 Å². The van der Waals surface area contributed by atoms with Crippen molar-refractivity contribution in [2.45, 2.75) is 50.2 Å². The molecule has 0 fully saturated rings. The summed E-state index contributed by atoms with van der Waals surface area (Å²) in [5, 5.41) is 0.800. The van der Waals surface area contributed by atoms with Crippen LogP contribution in [-0.2, 0) is 16.6 Å². The van der Waals surface area contributed by atoms with Crippen LogP contribution in [0.4, 0.5) is 4.39 Å². The van der Waals surface area contributed by atoms with E-state index in [0.717, 1.165) is 10.7 Å². The van der Waals surface area contributed by atoms with Crippen LogP contribution in [-0.4, -0.2) is 46.9 Å². The number of fused-ring (bicyclic) bond motifs is 1. The summed E-state index contributed by atoms with van der Waals surface area (Å²) in [6.07, 6.45) is 1.03. The highest BCUT2D eigenvalue weighted by molar-refractivity contribution is 7.99.